The van der Waals surface area contributed by atoms with Gasteiger partial charge in [0.05, 0.1) is 12.8 Å². The van der Waals surface area contributed by atoms with Crippen LogP contribution in [-0.4, -0.2) is 49.9 Å². The van der Waals surface area contributed by atoms with Crippen molar-refractivity contribution >= 4 is 33.3 Å². The topological polar surface area (TPSA) is 49.9 Å². The number of rotatable bonds is 5. The number of anilines is 1. The van der Waals surface area contributed by atoms with Gasteiger partial charge in [-0.25, -0.2) is 0 Å². The maximum atomic E-state index is 12.4. The van der Waals surface area contributed by atoms with Gasteiger partial charge in [0.2, 0.25) is 5.91 Å². The van der Waals surface area contributed by atoms with Gasteiger partial charge in [-0.15, -0.1) is 0 Å². The number of hydrogen-bond donors (Lipinski definition) is 0. The first-order valence-corrected chi connectivity index (χ1v) is 9.52. The number of hydrogen-bond acceptors (Lipinski definition) is 4. The van der Waals surface area contributed by atoms with Gasteiger partial charge >= 0.3 is 0 Å². The molecule has 0 saturated carbocycles. The summed E-state index contributed by atoms with van der Waals surface area (Å²) in [4.78, 5) is 28.5. The van der Waals surface area contributed by atoms with E-state index in [9.17, 15) is 9.59 Å². The predicted molar refractivity (Wildman–Crippen MR) is 109 cm³/mol. The molecular formula is C21H21BrN2O3. The van der Waals surface area contributed by atoms with Crippen LogP contribution >= 0.6 is 15.9 Å². The number of ether oxygens (including phenoxy) is 1. The maximum absolute atomic E-state index is 12.4. The number of nitrogens with zero attached hydrogens (tertiary/aromatic N) is 2. The van der Waals surface area contributed by atoms with Crippen molar-refractivity contribution < 1.29 is 14.3 Å². The molecule has 1 amide bonds. The lowest BCUT2D eigenvalue weighted by Gasteiger charge is -2.36. The smallest absolute Gasteiger partial charge is 0.246 e. The summed E-state index contributed by atoms with van der Waals surface area (Å²) in [6, 6.07) is 14.9. The van der Waals surface area contributed by atoms with E-state index in [4.69, 9.17) is 4.74 Å². The number of halogens is 1. The number of ketones is 1. The number of para-hydroxylation sites is 2. The van der Waals surface area contributed by atoms with Crippen LogP contribution in [0.5, 0.6) is 5.75 Å². The van der Waals surface area contributed by atoms with Crippen LogP contribution < -0.4 is 9.64 Å². The fraction of sp³-hybridized carbons (Fsp3) is 0.238. The highest BCUT2D eigenvalue weighted by molar-refractivity contribution is 9.10. The van der Waals surface area contributed by atoms with E-state index in [-0.39, 0.29) is 11.7 Å². The summed E-state index contributed by atoms with van der Waals surface area (Å²) in [7, 11) is 1.66. The molecule has 1 heterocycles. The van der Waals surface area contributed by atoms with Gasteiger partial charge < -0.3 is 14.5 Å². The Morgan fingerprint density at radius 3 is 2.30 bits per heavy atom. The molecule has 3 rings (SSSR count). The third-order valence-corrected chi connectivity index (χ3v) is 5.05. The predicted octanol–water partition coefficient (Wildman–Crippen LogP) is 3.55. The summed E-state index contributed by atoms with van der Waals surface area (Å²) in [6.07, 6.45) is 2.71. The van der Waals surface area contributed by atoms with Crippen LogP contribution in [0.1, 0.15) is 10.4 Å². The molecule has 1 aliphatic rings. The van der Waals surface area contributed by atoms with Gasteiger partial charge in [0.25, 0.3) is 0 Å². The highest BCUT2D eigenvalue weighted by Crippen LogP contribution is 2.28. The quantitative estimate of drug-likeness (QED) is 0.539. The van der Waals surface area contributed by atoms with Gasteiger partial charge in [0.1, 0.15) is 5.75 Å². The molecule has 0 spiro atoms. The zero-order valence-corrected chi connectivity index (χ0v) is 16.7. The van der Waals surface area contributed by atoms with E-state index in [0.29, 0.717) is 18.7 Å². The van der Waals surface area contributed by atoms with E-state index in [1.807, 2.05) is 24.3 Å². The van der Waals surface area contributed by atoms with Gasteiger partial charge in [-0.2, -0.15) is 0 Å². The number of amides is 1. The molecule has 0 aromatic heterocycles. The van der Waals surface area contributed by atoms with Crippen molar-refractivity contribution in [2.24, 2.45) is 0 Å². The van der Waals surface area contributed by atoms with Crippen molar-refractivity contribution in [2.75, 3.05) is 38.2 Å². The molecule has 27 heavy (non-hydrogen) atoms. The molecule has 0 N–H and O–H groups in total. The van der Waals surface area contributed by atoms with E-state index in [0.717, 1.165) is 29.0 Å². The van der Waals surface area contributed by atoms with Crippen molar-refractivity contribution in [3.8, 4) is 5.75 Å². The average molecular weight is 429 g/mol. The normalized spacial score (nSPS) is 14.4. The summed E-state index contributed by atoms with van der Waals surface area (Å²) >= 11 is 3.34. The summed E-state index contributed by atoms with van der Waals surface area (Å²) in [5, 5.41) is 0. The average Bonchev–Trinajstić information content (AvgIpc) is 2.72. The third-order valence-electron chi connectivity index (χ3n) is 4.52. The Balaban J connectivity index is 1.57. The van der Waals surface area contributed by atoms with Crippen LogP contribution in [0.2, 0.25) is 0 Å². The molecule has 140 valence electrons. The molecule has 2 aromatic carbocycles. The lowest BCUT2D eigenvalue weighted by Crippen LogP contribution is -2.48. The summed E-state index contributed by atoms with van der Waals surface area (Å²) in [5.74, 6) is 0.515. The molecule has 6 heteroatoms. The third kappa shape index (κ3) is 4.77. The Morgan fingerprint density at radius 1 is 0.963 bits per heavy atom. The van der Waals surface area contributed by atoms with Crippen molar-refractivity contribution in [1.82, 2.24) is 4.90 Å². The largest absolute Gasteiger partial charge is 0.495 e. The molecule has 0 atom stereocenters. The standard InChI is InChI=1S/C21H21BrN2O3/c1-27-20-5-3-2-4-18(20)23-12-14-24(15-13-23)21(26)11-10-19(25)16-6-8-17(22)9-7-16/h2-11H,12-15H2,1H3/b11-10+. The minimum Gasteiger partial charge on any atom is -0.495 e. The minimum absolute atomic E-state index is 0.139. The van der Waals surface area contributed by atoms with Gasteiger partial charge in [-0.1, -0.05) is 28.1 Å². The van der Waals surface area contributed by atoms with Crippen LogP contribution in [-0.2, 0) is 4.79 Å². The molecule has 1 fully saturated rings. The number of piperazine rings is 1. The van der Waals surface area contributed by atoms with Gasteiger partial charge in [-0.3, -0.25) is 9.59 Å². The van der Waals surface area contributed by atoms with Crippen LogP contribution in [0.25, 0.3) is 0 Å². The SMILES string of the molecule is COc1ccccc1N1CCN(C(=O)/C=C/C(=O)c2ccc(Br)cc2)CC1. The second-order valence-electron chi connectivity index (χ2n) is 6.19. The molecule has 2 aromatic rings. The zero-order valence-electron chi connectivity index (χ0n) is 15.1. The first-order valence-electron chi connectivity index (χ1n) is 8.73. The Morgan fingerprint density at radius 2 is 1.63 bits per heavy atom. The number of benzene rings is 2. The Hall–Kier alpha value is -2.60. The van der Waals surface area contributed by atoms with E-state index in [1.54, 1.807) is 36.3 Å². The molecule has 0 aliphatic carbocycles. The van der Waals surface area contributed by atoms with Crippen LogP contribution in [0.3, 0.4) is 0 Å². The van der Waals surface area contributed by atoms with Crippen LogP contribution in [0, 0.1) is 0 Å². The fourth-order valence-electron chi connectivity index (χ4n) is 3.02. The van der Waals surface area contributed by atoms with E-state index in [1.165, 1.54) is 12.2 Å². The Kier molecular flexibility index (Phi) is 6.29. The lowest BCUT2D eigenvalue weighted by atomic mass is 10.1. The van der Waals surface area contributed by atoms with Gasteiger partial charge in [-0.05, 0) is 42.5 Å². The van der Waals surface area contributed by atoms with Crippen LogP contribution in [0.15, 0.2) is 65.2 Å². The van der Waals surface area contributed by atoms with E-state index < -0.39 is 0 Å². The Bertz CT molecular complexity index is 841. The summed E-state index contributed by atoms with van der Waals surface area (Å²) in [5.41, 5.74) is 1.59. The molecule has 0 unspecified atom stereocenters. The maximum Gasteiger partial charge on any atom is 0.246 e. The number of allylic oxidation sites excluding steroid dienone is 1. The minimum atomic E-state index is -0.177. The second-order valence-corrected chi connectivity index (χ2v) is 7.10. The highest BCUT2D eigenvalue weighted by atomic mass is 79.9. The zero-order chi connectivity index (χ0) is 19.2. The molecular weight excluding hydrogens is 408 g/mol. The van der Waals surface area contributed by atoms with Crippen molar-refractivity contribution in [3.05, 3.63) is 70.7 Å². The first-order chi connectivity index (χ1) is 13.1. The summed E-state index contributed by atoms with van der Waals surface area (Å²) in [6.45, 7) is 2.66. The van der Waals surface area contributed by atoms with Gasteiger partial charge in [0, 0.05) is 42.3 Å². The fourth-order valence-corrected chi connectivity index (χ4v) is 3.29. The molecule has 0 bridgehead atoms. The lowest BCUT2D eigenvalue weighted by molar-refractivity contribution is -0.126. The van der Waals surface area contributed by atoms with Gasteiger partial charge in [0.15, 0.2) is 5.78 Å². The summed E-state index contributed by atoms with van der Waals surface area (Å²) < 4.78 is 6.32. The molecule has 5 nitrogen and oxygen atoms in total. The number of carbonyl (C=O) groups excluding carboxylic acids is 2. The first kappa shape index (κ1) is 19.2. The molecule has 0 radical (unpaired) electrons. The van der Waals surface area contributed by atoms with Crippen molar-refractivity contribution in [1.29, 1.82) is 0 Å². The second kappa shape index (κ2) is 8.86. The van der Waals surface area contributed by atoms with Crippen LogP contribution in [0.4, 0.5) is 5.69 Å². The molecule has 1 saturated heterocycles. The Labute approximate surface area is 167 Å². The monoisotopic (exact) mass is 428 g/mol. The van der Waals surface area contributed by atoms with Crippen molar-refractivity contribution in [3.63, 3.8) is 0 Å². The highest BCUT2D eigenvalue weighted by Gasteiger charge is 2.21. The number of carbonyl (C=O) groups is 2. The molecule has 1 aliphatic heterocycles. The van der Waals surface area contributed by atoms with E-state index in [2.05, 4.69) is 20.8 Å². The van der Waals surface area contributed by atoms with E-state index >= 15 is 0 Å². The number of methoxy groups -OCH3 is 1. The van der Waals surface area contributed by atoms with Crippen molar-refractivity contribution in [2.45, 2.75) is 0 Å².